The van der Waals surface area contributed by atoms with Gasteiger partial charge in [-0.05, 0) is 65.6 Å². The lowest BCUT2D eigenvalue weighted by molar-refractivity contribution is 0.0696. The second kappa shape index (κ2) is 11.7. The standard InChI is InChI=1S/C26H26ClNO3S/c1-2-3-16-32-24-13-12-22(27)17-23(24)25(29)28-15-14-18-4-6-19(7-5-18)20-8-10-21(11-9-20)26(30)31/h4-13,17H,2-3,14-16H2,1H3,(H,28,29)(H,30,31). The lowest BCUT2D eigenvalue weighted by Gasteiger charge is -2.11. The highest BCUT2D eigenvalue weighted by atomic mass is 35.5. The van der Waals surface area contributed by atoms with Crippen LogP contribution in [0.15, 0.2) is 71.6 Å². The molecule has 2 N–H and O–H groups in total. The van der Waals surface area contributed by atoms with Crippen LogP contribution in [-0.4, -0.2) is 29.3 Å². The van der Waals surface area contributed by atoms with Crippen LogP contribution in [0.1, 0.15) is 46.0 Å². The Kier molecular flexibility index (Phi) is 8.77. The van der Waals surface area contributed by atoms with Gasteiger partial charge in [0.2, 0.25) is 0 Å². The molecule has 0 atom stereocenters. The molecule has 0 unspecified atom stereocenters. The number of amides is 1. The van der Waals surface area contributed by atoms with Gasteiger partial charge < -0.3 is 10.4 Å². The monoisotopic (exact) mass is 467 g/mol. The SMILES string of the molecule is CCCCSc1ccc(Cl)cc1C(=O)NCCc1ccc(-c2ccc(C(=O)O)cc2)cc1. The number of benzene rings is 3. The maximum absolute atomic E-state index is 12.7. The van der Waals surface area contributed by atoms with Crippen molar-refractivity contribution in [1.82, 2.24) is 5.32 Å². The lowest BCUT2D eigenvalue weighted by Crippen LogP contribution is -2.26. The van der Waals surface area contributed by atoms with E-state index < -0.39 is 5.97 Å². The van der Waals surface area contributed by atoms with Crippen LogP contribution < -0.4 is 5.32 Å². The van der Waals surface area contributed by atoms with E-state index in [-0.39, 0.29) is 11.5 Å². The van der Waals surface area contributed by atoms with E-state index in [9.17, 15) is 9.59 Å². The van der Waals surface area contributed by atoms with Crippen LogP contribution in [0.3, 0.4) is 0 Å². The normalized spacial score (nSPS) is 10.7. The molecule has 6 heteroatoms. The summed E-state index contributed by atoms with van der Waals surface area (Å²) in [6.07, 6.45) is 2.94. The van der Waals surface area contributed by atoms with Gasteiger partial charge in [-0.2, -0.15) is 0 Å². The molecule has 0 heterocycles. The van der Waals surface area contributed by atoms with E-state index in [1.807, 2.05) is 36.4 Å². The zero-order valence-corrected chi connectivity index (χ0v) is 19.5. The summed E-state index contributed by atoms with van der Waals surface area (Å²) in [5.74, 6) is -0.0656. The molecule has 0 saturated heterocycles. The Labute approximate surface area is 198 Å². The van der Waals surface area contributed by atoms with Crippen molar-refractivity contribution in [2.24, 2.45) is 0 Å². The second-order valence-corrected chi connectivity index (χ2v) is 9.00. The number of nitrogens with one attached hydrogen (secondary N) is 1. The third kappa shape index (κ3) is 6.62. The van der Waals surface area contributed by atoms with Crippen molar-refractivity contribution in [3.63, 3.8) is 0 Å². The Hall–Kier alpha value is -2.76. The number of hydrogen-bond acceptors (Lipinski definition) is 3. The van der Waals surface area contributed by atoms with Crippen molar-refractivity contribution in [3.8, 4) is 11.1 Å². The highest BCUT2D eigenvalue weighted by Crippen LogP contribution is 2.27. The average molecular weight is 468 g/mol. The molecule has 32 heavy (non-hydrogen) atoms. The predicted molar refractivity (Wildman–Crippen MR) is 132 cm³/mol. The first-order valence-electron chi connectivity index (χ1n) is 10.6. The van der Waals surface area contributed by atoms with Gasteiger partial charge in [0.25, 0.3) is 5.91 Å². The summed E-state index contributed by atoms with van der Waals surface area (Å²) in [6.45, 7) is 2.68. The molecule has 0 fully saturated rings. The fraction of sp³-hybridized carbons (Fsp3) is 0.231. The number of carboxylic acid groups (broad SMARTS) is 1. The Balaban J connectivity index is 1.57. The first-order chi connectivity index (χ1) is 15.5. The summed E-state index contributed by atoms with van der Waals surface area (Å²) in [5.41, 5.74) is 3.98. The quantitative estimate of drug-likeness (QED) is 0.261. The molecule has 3 aromatic carbocycles. The van der Waals surface area contributed by atoms with E-state index in [4.69, 9.17) is 16.7 Å². The van der Waals surface area contributed by atoms with Gasteiger partial charge >= 0.3 is 5.97 Å². The van der Waals surface area contributed by atoms with Gasteiger partial charge in [-0.25, -0.2) is 4.79 Å². The Morgan fingerprint density at radius 2 is 1.62 bits per heavy atom. The van der Waals surface area contributed by atoms with E-state index in [1.165, 1.54) is 0 Å². The van der Waals surface area contributed by atoms with Crippen molar-refractivity contribution in [2.75, 3.05) is 12.3 Å². The van der Waals surface area contributed by atoms with Crippen LogP contribution >= 0.6 is 23.4 Å². The number of hydrogen-bond donors (Lipinski definition) is 2. The molecule has 166 valence electrons. The summed E-state index contributed by atoms with van der Waals surface area (Å²) in [6, 6.07) is 20.4. The maximum Gasteiger partial charge on any atom is 0.335 e. The second-order valence-electron chi connectivity index (χ2n) is 7.43. The Morgan fingerprint density at radius 3 is 2.25 bits per heavy atom. The molecule has 0 aromatic heterocycles. The highest BCUT2D eigenvalue weighted by molar-refractivity contribution is 7.99. The highest BCUT2D eigenvalue weighted by Gasteiger charge is 2.12. The number of carbonyl (C=O) groups is 2. The summed E-state index contributed by atoms with van der Waals surface area (Å²) < 4.78 is 0. The Morgan fingerprint density at radius 1 is 0.969 bits per heavy atom. The lowest BCUT2D eigenvalue weighted by atomic mass is 10.0. The molecule has 3 aromatic rings. The van der Waals surface area contributed by atoms with Crippen molar-refractivity contribution < 1.29 is 14.7 Å². The van der Waals surface area contributed by atoms with E-state index in [2.05, 4.69) is 12.2 Å². The molecular weight excluding hydrogens is 442 g/mol. The number of thioether (sulfide) groups is 1. The number of halogens is 1. The predicted octanol–water partition coefficient (Wildman–Crippen LogP) is 6.57. The van der Waals surface area contributed by atoms with Crippen molar-refractivity contribution in [2.45, 2.75) is 31.1 Å². The smallest absolute Gasteiger partial charge is 0.335 e. The first-order valence-corrected chi connectivity index (χ1v) is 12.0. The molecular formula is C26H26ClNO3S. The van der Waals surface area contributed by atoms with Crippen LogP contribution in [-0.2, 0) is 6.42 Å². The fourth-order valence-electron chi connectivity index (χ4n) is 3.22. The molecule has 0 aliphatic rings. The van der Waals surface area contributed by atoms with E-state index >= 15 is 0 Å². The minimum Gasteiger partial charge on any atom is -0.478 e. The molecule has 1 amide bonds. The molecule has 0 radical (unpaired) electrons. The van der Waals surface area contributed by atoms with Crippen molar-refractivity contribution in [1.29, 1.82) is 0 Å². The third-order valence-electron chi connectivity index (χ3n) is 5.06. The number of aromatic carboxylic acids is 1. The van der Waals surface area contributed by atoms with E-state index in [0.29, 0.717) is 23.6 Å². The number of unbranched alkanes of at least 4 members (excludes halogenated alkanes) is 1. The maximum atomic E-state index is 12.7. The minimum atomic E-state index is -0.932. The van der Waals surface area contributed by atoms with Gasteiger partial charge in [-0.1, -0.05) is 61.3 Å². The van der Waals surface area contributed by atoms with Crippen LogP contribution in [0.4, 0.5) is 0 Å². The molecule has 0 aliphatic carbocycles. The molecule has 0 bridgehead atoms. The van der Waals surface area contributed by atoms with Gasteiger partial charge in [-0.15, -0.1) is 11.8 Å². The minimum absolute atomic E-state index is 0.110. The molecule has 0 aliphatic heterocycles. The van der Waals surface area contributed by atoms with E-state index in [0.717, 1.165) is 40.2 Å². The number of carbonyl (C=O) groups excluding carboxylic acids is 1. The van der Waals surface area contributed by atoms with Crippen LogP contribution in [0, 0.1) is 0 Å². The molecule has 0 spiro atoms. The number of carboxylic acids is 1. The van der Waals surface area contributed by atoms with Gasteiger partial charge in [0, 0.05) is 16.5 Å². The van der Waals surface area contributed by atoms with Gasteiger partial charge in [0.15, 0.2) is 0 Å². The summed E-state index contributed by atoms with van der Waals surface area (Å²) in [7, 11) is 0. The summed E-state index contributed by atoms with van der Waals surface area (Å²) in [5, 5.41) is 12.6. The topological polar surface area (TPSA) is 66.4 Å². The van der Waals surface area contributed by atoms with Crippen molar-refractivity contribution in [3.05, 3.63) is 88.4 Å². The van der Waals surface area contributed by atoms with Crippen LogP contribution in [0.5, 0.6) is 0 Å². The summed E-state index contributed by atoms with van der Waals surface area (Å²) in [4.78, 5) is 24.7. The van der Waals surface area contributed by atoms with E-state index in [1.54, 1.807) is 42.1 Å². The fourth-order valence-corrected chi connectivity index (χ4v) is 4.51. The van der Waals surface area contributed by atoms with Gasteiger partial charge in [-0.3, -0.25) is 4.79 Å². The molecule has 3 rings (SSSR count). The Bertz CT molecular complexity index is 1070. The van der Waals surface area contributed by atoms with Gasteiger partial charge in [0.1, 0.15) is 0 Å². The number of rotatable bonds is 10. The van der Waals surface area contributed by atoms with Gasteiger partial charge in [0.05, 0.1) is 11.1 Å². The molecule has 0 saturated carbocycles. The largest absolute Gasteiger partial charge is 0.478 e. The third-order valence-corrected chi connectivity index (χ3v) is 6.45. The average Bonchev–Trinajstić information content (AvgIpc) is 2.80. The first kappa shape index (κ1) is 23.9. The van der Waals surface area contributed by atoms with Crippen molar-refractivity contribution >= 4 is 35.2 Å². The molecule has 4 nitrogen and oxygen atoms in total. The zero-order chi connectivity index (χ0) is 22.9. The zero-order valence-electron chi connectivity index (χ0n) is 17.9. The van der Waals surface area contributed by atoms with Crippen LogP contribution in [0.2, 0.25) is 5.02 Å². The van der Waals surface area contributed by atoms with Crippen LogP contribution in [0.25, 0.3) is 11.1 Å². The summed E-state index contributed by atoms with van der Waals surface area (Å²) >= 11 is 7.81.